The summed E-state index contributed by atoms with van der Waals surface area (Å²) in [5.74, 6) is -1.96. The fourth-order valence-electron chi connectivity index (χ4n) is 4.02. The first-order valence-corrected chi connectivity index (χ1v) is 13.0. The highest BCUT2D eigenvalue weighted by atomic mass is 35.5. The number of nitrogens with one attached hydrogen (secondary N) is 1. The predicted molar refractivity (Wildman–Crippen MR) is 136 cm³/mol. The first-order chi connectivity index (χ1) is 16.8. The van der Waals surface area contributed by atoms with E-state index in [-0.39, 0.29) is 26.1 Å². The molecular weight excluding hydrogens is 495 g/mol. The lowest BCUT2D eigenvalue weighted by atomic mass is 9.83. The molecule has 1 fully saturated rings. The number of hydrogen-bond acceptors (Lipinski definition) is 7. The van der Waals surface area contributed by atoms with E-state index in [2.05, 4.69) is 12.2 Å². The van der Waals surface area contributed by atoms with Crippen molar-refractivity contribution >= 4 is 35.1 Å². The van der Waals surface area contributed by atoms with Crippen LogP contribution in [0.5, 0.6) is 0 Å². The van der Waals surface area contributed by atoms with Crippen LogP contribution < -0.4 is 5.32 Å². The molecule has 0 radical (unpaired) electrons. The summed E-state index contributed by atoms with van der Waals surface area (Å²) in [7, 11) is 1.92. The fraction of sp³-hybridized carbons (Fsp3) is 0.680. The van der Waals surface area contributed by atoms with Crippen molar-refractivity contribution in [3.8, 4) is 0 Å². The lowest BCUT2D eigenvalue weighted by molar-refractivity contribution is -0.150. The van der Waals surface area contributed by atoms with Gasteiger partial charge in [0.25, 0.3) is 0 Å². The highest BCUT2D eigenvalue weighted by Gasteiger charge is 2.47. The Bertz CT molecular complexity index is 772. The van der Waals surface area contributed by atoms with Crippen molar-refractivity contribution in [3.05, 3.63) is 35.9 Å². The summed E-state index contributed by atoms with van der Waals surface area (Å²) in [6.45, 7) is 5.96. The van der Waals surface area contributed by atoms with Gasteiger partial charge in [0.1, 0.15) is 12.6 Å². The molecule has 2 rings (SSSR count). The normalized spacial score (nSPS) is 25.3. The molecule has 10 heteroatoms. The van der Waals surface area contributed by atoms with Crippen LogP contribution in [-0.2, 0) is 30.2 Å². The number of ether oxygens (including phenoxy) is 3. The number of amides is 1. The fourth-order valence-corrected chi connectivity index (χ4v) is 4.94. The zero-order valence-corrected chi connectivity index (χ0v) is 22.2. The van der Waals surface area contributed by atoms with Gasteiger partial charge in [0.15, 0.2) is 0 Å². The van der Waals surface area contributed by atoms with Crippen molar-refractivity contribution in [1.82, 2.24) is 10.2 Å². The van der Waals surface area contributed by atoms with Crippen LogP contribution in [0.2, 0.25) is 0 Å². The van der Waals surface area contributed by atoms with Gasteiger partial charge in [-0.05, 0) is 38.9 Å². The first-order valence-electron chi connectivity index (χ1n) is 12.1. The number of rotatable bonds is 14. The van der Waals surface area contributed by atoms with Gasteiger partial charge in [-0.25, -0.2) is 4.79 Å². The third kappa shape index (κ3) is 9.52. The molecule has 1 aliphatic rings. The van der Waals surface area contributed by atoms with Gasteiger partial charge in [-0.3, -0.25) is 9.69 Å². The Hall–Kier alpha value is -1.42. The van der Waals surface area contributed by atoms with Crippen LogP contribution >= 0.6 is 23.2 Å². The minimum absolute atomic E-state index is 0.0822. The van der Waals surface area contributed by atoms with Crippen molar-refractivity contribution in [3.63, 3.8) is 0 Å². The lowest BCUT2D eigenvalue weighted by Crippen LogP contribution is -2.57. The van der Waals surface area contributed by atoms with E-state index >= 15 is 0 Å². The molecule has 0 saturated heterocycles. The number of hydrogen-bond donors (Lipinski definition) is 2. The van der Waals surface area contributed by atoms with Gasteiger partial charge in [0, 0.05) is 13.0 Å². The van der Waals surface area contributed by atoms with E-state index in [4.69, 9.17) is 37.4 Å². The molecule has 0 spiro atoms. The van der Waals surface area contributed by atoms with Crippen LogP contribution in [0.25, 0.3) is 0 Å². The average molecular weight is 533 g/mol. The molecule has 198 valence electrons. The second kappa shape index (κ2) is 15.6. The van der Waals surface area contributed by atoms with Gasteiger partial charge in [-0.15, -0.1) is 23.2 Å². The van der Waals surface area contributed by atoms with Gasteiger partial charge in [0.05, 0.1) is 42.2 Å². The Labute approximate surface area is 218 Å². The Morgan fingerprint density at radius 2 is 1.91 bits per heavy atom. The van der Waals surface area contributed by atoms with E-state index in [1.165, 1.54) is 0 Å². The van der Waals surface area contributed by atoms with E-state index in [1.807, 2.05) is 49.2 Å². The van der Waals surface area contributed by atoms with Crippen molar-refractivity contribution in [2.75, 3.05) is 40.1 Å². The number of esters is 1. The largest absolute Gasteiger partial charge is 0.462 e. The molecule has 1 saturated carbocycles. The van der Waals surface area contributed by atoms with E-state index in [0.29, 0.717) is 13.3 Å². The summed E-state index contributed by atoms with van der Waals surface area (Å²) in [5.41, 5.74) is 0.860. The molecular formula is C25H38Cl2N2O6. The number of nitrogens with zero attached hydrogens (tertiary/aromatic N) is 1. The molecule has 0 bridgehead atoms. The van der Waals surface area contributed by atoms with Gasteiger partial charge in [0.2, 0.25) is 5.91 Å². The quantitative estimate of drug-likeness (QED) is 0.164. The van der Waals surface area contributed by atoms with Crippen molar-refractivity contribution in [1.29, 1.82) is 0 Å². The van der Waals surface area contributed by atoms with Crippen LogP contribution in [0.3, 0.4) is 0 Å². The number of carbonyl (C=O) groups excluding carboxylic acids is 2. The molecule has 5 unspecified atom stereocenters. The van der Waals surface area contributed by atoms with Crippen LogP contribution in [0.4, 0.5) is 0 Å². The van der Waals surface area contributed by atoms with Gasteiger partial charge >= 0.3 is 5.97 Å². The SMILES string of the molecule is CCCN(C)COC1C(Cl)CC(C(=O)N[C@@H](Cc2ccccc2)C(=O)OCCOCC)C(O)C1Cl. The van der Waals surface area contributed by atoms with Crippen LogP contribution in [0, 0.1) is 5.92 Å². The van der Waals surface area contributed by atoms with E-state index in [0.717, 1.165) is 18.5 Å². The third-order valence-corrected chi connectivity index (χ3v) is 6.81. The topological polar surface area (TPSA) is 97.3 Å². The van der Waals surface area contributed by atoms with Crippen LogP contribution in [-0.4, -0.2) is 91.0 Å². The van der Waals surface area contributed by atoms with E-state index < -0.39 is 46.8 Å². The standard InChI is InChI=1S/C25H38Cl2N2O6/c1-4-11-29(3)16-35-23-19(26)15-18(22(30)21(23)27)24(31)28-20(14-17-9-7-6-8-10-17)25(32)34-13-12-33-5-2/h6-10,18-23,30H,4-5,11-16H2,1-3H3,(H,28,31)/t18?,19?,20-,21?,22?,23?/m0/s1. The highest BCUT2D eigenvalue weighted by molar-refractivity contribution is 6.25. The number of benzene rings is 1. The van der Waals surface area contributed by atoms with Gasteiger partial charge in [-0.2, -0.15) is 0 Å². The molecule has 1 aromatic carbocycles. The first kappa shape index (κ1) is 29.8. The molecule has 1 aromatic rings. The molecule has 0 heterocycles. The molecule has 0 aliphatic heterocycles. The summed E-state index contributed by atoms with van der Waals surface area (Å²) in [4.78, 5) is 27.9. The molecule has 35 heavy (non-hydrogen) atoms. The molecule has 8 nitrogen and oxygen atoms in total. The van der Waals surface area contributed by atoms with E-state index in [1.54, 1.807) is 0 Å². The maximum Gasteiger partial charge on any atom is 0.329 e. The highest BCUT2D eigenvalue weighted by Crippen LogP contribution is 2.34. The van der Waals surface area contributed by atoms with Crippen molar-refractivity contribution < 1.29 is 28.9 Å². The van der Waals surface area contributed by atoms with Crippen molar-refractivity contribution in [2.45, 2.75) is 62.1 Å². The number of aliphatic hydroxyl groups excluding tert-OH is 1. The zero-order chi connectivity index (χ0) is 25.8. The number of alkyl halides is 2. The Morgan fingerprint density at radius 3 is 2.57 bits per heavy atom. The van der Waals surface area contributed by atoms with Crippen LogP contribution in [0.1, 0.15) is 32.3 Å². The smallest absolute Gasteiger partial charge is 0.329 e. The van der Waals surface area contributed by atoms with Gasteiger partial charge in [-0.1, -0.05) is 37.3 Å². The maximum atomic E-state index is 13.2. The second-order valence-corrected chi connectivity index (χ2v) is 9.81. The Kier molecular flexibility index (Phi) is 13.3. The number of aliphatic hydroxyl groups is 1. The molecule has 2 N–H and O–H groups in total. The summed E-state index contributed by atoms with van der Waals surface area (Å²) in [5, 5.41) is 12.1. The summed E-state index contributed by atoms with van der Waals surface area (Å²) in [6, 6.07) is 8.38. The maximum absolute atomic E-state index is 13.2. The lowest BCUT2D eigenvalue weighted by Gasteiger charge is -2.40. The second-order valence-electron chi connectivity index (χ2n) is 8.75. The van der Waals surface area contributed by atoms with E-state index in [9.17, 15) is 14.7 Å². The van der Waals surface area contributed by atoms with Crippen molar-refractivity contribution in [2.24, 2.45) is 5.92 Å². The van der Waals surface area contributed by atoms with Gasteiger partial charge < -0.3 is 24.6 Å². The summed E-state index contributed by atoms with van der Waals surface area (Å²) < 4.78 is 16.4. The summed E-state index contributed by atoms with van der Waals surface area (Å²) >= 11 is 13.0. The zero-order valence-electron chi connectivity index (χ0n) is 20.7. The number of halogens is 2. The minimum Gasteiger partial charge on any atom is -0.462 e. The molecule has 1 amide bonds. The predicted octanol–water partition coefficient (Wildman–Crippen LogP) is 2.57. The molecule has 6 atom stereocenters. The van der Waals surface area contributed by atoms with Crippen LogP contribution in [0.15, 0.2) is 30.3 Å². The Balaban J connectivity index is 2.04. The third-order valence-electron chi connectivity index (χ3n) is 5.88. The number of carbonyl (C=O) groups is 2. The molecule has 0 aromatic heterocycles. The molecule has 1 aliphatic carbocycles. The average Bonchev–Trinajstić information content (AvgIpc) is 2.84. The minimum atomic E-state index is -1.18. The monoisotopic (exact) mass is 532 g/mol. The Morgan fingerprint density at radius 1 is 1.20 bits per heavy atom. The summed E-state index contributed by atoms with van der Waals surface area (Å²) in [6.07, 6.45) is -0.410.